The fourth-order valence-corrected chi connectivity index (χ4v) is 3.19. The van der Waals surface area contributed by atoms with E-state index in [-0.39, 0.29) is 11.6 Å². The van der Waals surface area contributed by atoms with Crippen molar-refractivity contribution in [2.75, 3.05) is 5.32 Å². The molecule has 1 heterocycles. The highest BCUT2D eigenvalue weighted by Crippen LogP contribution is 2.31. The Labute approximate surface area is 152 Å². The van der Waals surface area contributed by atoms with Crippen LogP contribution in [0.5, 0.6) is 0 Å². The van der Waals surface area contributed by atoms with E-state index >= 15 is 0 Å². The fraction of sp³-hybridized carbons (Fsp3) is 0.158. The molecule has 0 bridgehead atoms. The number of carbonyl (C=O) groups is 1. The average Bonchev–Trinajstić information content (AvgIpc) is 2.61. The number of benzene rings is 2. The van der Waals surface area contributed by atoms with Crippen LogP contribution in [0.25, 0.3) is 10.9 Å². The summed E-state index contributed by atoms with van der Waals surface area (Å²) in [6.07, 6.45) is -4.45. The summed E-state index contributed by atoms with van der Waals surface area (Å²) in [4.78, 5) is 16.8. The number of hydrogen-bond donors (Lipinski definition) is 1. The van der Waals surface area contributed by atoms with Crippen molar-refractivity contribution in [1.82, 2.24) is 4.98 Å². The van der Waals surface area contributed by atoms with Crippen molar-refractivity contribution in [2.24, 2.45) is 0 Å². The van der Waals surface area contributed by atoms with E-state index in [9.17, 15) is 18.0 Å². The van der Waals surface area contributed by atoms with E-state index < -0.39 is 17.0 Å². The Kier molecular flexibility index (Phi) is 5.18. The number of rotatable bonds is 4. The second-order valence-electron chi connectivity index (χ2n) is 5.67. The molecule has 0 spiro atoms. The summed E-state index contributed by atoms with van der Waals surface area (Å²) < 4.78 is 38.3. The number of thioether (sulfide) groups is 1. The van der Waals surface area contributed by atoms with Gasteiger partial charge in [-0.15, -0.1) is 0 Å². The van der Waals surface area contributed by atoms with E-state index in [2.05, 4.69) is 10.3 Å². The Balaban J connectivity index is 1.69. The Morgan fingerprint density at radius 2 is 1.85 bits per heavy atom. The number of aromatic nitrogens is 1. The number of pyridine rings is 1. The quantitative estimate of drug-likeness (QED) is 0.622. The van der Waals surface area contributed by atoms with Gasteiger partial charge in [-0.1, -0.05) is 42.1 Å². The van der Waals surface area contributed by atoms with Crippen LogP contribution in [0.2, 0.25) is 0 Å². The van der Waals surface area contributed by atoms with Crippen molar-refractivity contribution in [3.8, 4) is 0 Å². The van der Waals surface area contributed by atoms with Gasteiger partial charge in [0.2, 0.25) is 5.91 Å². The number of amides is 1. The number of hydrogen-bond acceptors (Lipinski definition) is 3. The zero-order chi connectivity index (χ0) is 18.7. The van der Waals surface area contributed by atoms with Gasteiger partial charge in [0, 0.05) is 11.1 Å². The molecule has 134 valence electrons. The molecule has 1 N–H and O–H groups in total. The third kappa shape index (κ3) is 4.35. The highest BCUT2D eigenvalue weighted by Gasteiger charge is 2.30. The summed E-state index contributed by atoms with van der Waals surface area (Å²) in [6, 6.07) is 15.9. The van der Waals surface area contributed by atoms with Crippen LogP contribution in [0.15, 0.2) is 65.7 Å². The summed E-state index contributed by atoms with van der Waals surface area (Å²) >= 11 is 1.25. The van der Waals surface area contributed by atoms with Gasteiger partial charge in [0.05, 0.1) is 21.4 Å². The van der Waals surface area contributed by atoms with Crippen molar-refractivity contribution in [1.29, 1.82) is 0 Å². The first-order chi connectivity index (χ1) is 12.3. The van der Waals surface area contributed by atoms with Gasteiger partial charge in [-0.3, -0.25) is 4.79 Å². The third-order valence-corrected chi connectivity index (χ3v) is 4.73. The molecule has 3 nitrogen and oxygen atoms in total. The van der Waals surface area contributed by atoms with Crippen LogP contribution in [0.3, 0.4) is 0 Å². The number of para-hydroxylation sites is 1. The largest absolute Gasteiger partial charge is 0.416 e. The molecule has 0 fully saturated rings. The van der Waals surface area contributed by atoms with Crippen molar-refractivity contribution in [2.45, 2.75) is 23.4 Å². The first-order valence-electron chi connectivity index (χ1n) is 7.83. The second kappa shape index (κ2) is 7.37. The molecule has 1 aromatic heterocycles. The van der Waals surface area contributed by atoms with Gasteiger partial charge in [-0.25, -0.2) is 4.98 Å². The monoisotopic (exact) mass is 376 g/mol. The van der Waals surface area contributed by atoms with E-state index in [1.54, 1.807) is 6.92 Å². The van der Waals surface area contributed by atoms with Crippen LogP contribution in [0.1, 0.15) is 12.5 Å². The van der Waals surface area contributed by atoms with Gasteiger partial charge in [0.15, 0.2) is 0 Å². The van der Waals surface area contributed by atoms with Crippen LogP contribution >= 0.6 is 11.8 Å². The van der Waals surface area contributed by atoms with Crippen LogP contribution in [-0.2, 0) is 11.0 Å². The third-order valence-electron chi connectivity index (χ3n) is 3.70. The molecule has 0 aliphatic rings. The fourth-order valence-electron chi connectivity index (χ4n) is 2.36. The van der Waals surface area contributed by atoms with Gasteiger partial charge < -0.3 is 5.32 Å². The zero-order valence-corrected chi connectivity index (χ0v) is 14.6. The number of anilines is 1. The number of nitrogens with one attached hydrogen (secondary N) is 1. The molecule has 7 heteroatoms. The topological polar surface area (TPSA) is 42.0 Å². The molecular weight excluding hydrogens is 361 g/mol. The number of fused-ring (bicyclic) bond motifs is 1. The normalized spacial score (nSPS) is 12.8. The van der Waals surface area contributed by atoms with E-state index in [4.69, 9.17) is 0 Å². The van der Waals surface area contributed by atoms with Crippen molar-refractivity contribution in [3.05, 3.63) is 66.2 Å². The predicted octanol–water partition coefficient (Wildman–Crippen LogP) is 5.37. The lowest BCUT2D eigenvalue weighted by Gasteiger charge is -2.13. The highest BCUT2D eigenvalue weighted by molar-refractivity contribution is 8.00. The molecule has 0 radical (unpaired) electrons. The molecule has 3 rings (SSSR count). The van der Waals surface area contributed by atoms with Crippen LogP contribution in [-0.4, -0.2) is 16.1 Å². The highest BCUT2D eigenvalue weighted by atomic mass is 32.2. The lowest BCUT2D eigenvalue weighted by molar-refractivity contribution is -0.137. The van der Waals surface area contributed by atoms with Gasteiger partial charge >= 0.3 is 6.18 Å². The number of alkyl halides is 3. The lowest BCUT2D eigenvalue weighted by atomic mass is 10.2. The summed E-state index contributed by atoms with van der Waals surface area (Å²) in [5.74, 6) is -0.385. The summed E-state index contributed by atoms with van der Waals surface area (Å²) in [5, 5.41) is 3.68. The lowest BCUT2D eigenvalue weighted by Crippen LogP contribution is -2.22. The van der Waals surface area contributed by atoms with E-state index in [1.165, 1.54) is 23.9 Å². The van der Waals surface area contributed by atoms with Crippen LogP contribution < -0.4 is 5.32 Å². The van der Waals surface area contributed by atoms with Crippen molar-refractivity contribution in [3.63, 3.8) is 0 Å². The van der Waals surface area contributed by atoms with Gasteiger partial charge in [0.25, 0.3) is 0 Å². The summed E-state index contributed by atoms with van der Waals surface area (Å²) in [5.41, 5.74) is 0.138. The molecule has 0 unspecified atom stereocenters. The molecule has 0 aliphatic carbocycles. The minimum atomic E-state index is -4.45. The number of halogens is 3. The van der Waals surface area contributed by atoms with Crippen LogP contribution in [0.4, 0.5) is 18.9 Å². The van der Waals surface area contributed by atoms with E-state index in [0.29, 0.717) is 5.03 Å². The van der Waals surface area contributed by atoms with Crippen molar-refractivity contribution >= 4 is 34.3 Å². The molecule has 0 saturated heterocycles. The predicted molar refractivity (Wildman–Crippen MR) is 97.1 cm³/mol. The minimum absolute atomic E-state index is 0.115. The maximum Gasteiger partial charge on any atom is 0.416 e. The van der Waals surface area contributed by atoms with Gasteiger partial charge in [-0.05, 0) is 37.3 Å². The molecule has 3 aromatic rings. The Morgan fingerprint density at radius 1 is 1.08 bits per heavy atom. The van der Waals surface area contributed by atoms with E-state index in [1.807, 2.05) is 36.4 Å². The van der Waals surface area contributed by atoms with Gasteiger partial charge in [-0.2, -0.15) is 13.2 Å². The van der Waals surface area contributed by atoms with E-state index in [0.717, 1.165) is 23.0 Å². The number of nitrogens with zero attached hydrogens (tertiary/aromatic N) is 1. The van der Waals surface area contributed by atoms with Crippen LogP contribution in [0, 0.1) is 0 Å². The smallest absolute Gasteiger partial charge is 0.325 e. The second-order valence-corrected chi connectivity index (χ2v) is 7.03. The van der Waals surface area contributed by atoms with Crippen molar-refractivity contribution < 1.29 is 18.0 Å². The number of carbonyl (C=O) groups excluding carboxylic acids is 1. The zero-order valence-electron chi connectivity index (χ0n) is 13.7. The molecule has 26 heavy (non-hydrogen) atoms. The van der Waals surface area contributed by atoms with Gasteiger partial charge in [0.1, 0.15) is 0 Å². The first-order valence-corrected chi connectivity index (χ1v) is 8.71. The Hall–Kier alpha value is -2.54. The minimum Gasteiger partial charge on any atom is -0.325 e. The molecule has 1 amide bonds. The molecule has 1 atom stereocenters. The molecular formula is C19H15F3N2OS. The SMILES string of the molecule is C[C@@H](Sc1ccc2ccccc2n1)C(=O)Nc1cccc(C(F)(F)F)c1. The molecule has 0 saturated carbocycles. The molecule has 0 aliphatic heterocycles. The summed E-state index contributed by atoms with van der Waals surface area (Å²) in [6.45, 7) is 1.69. The standard InChI is InChI=1S/C19H15F3N2OS/c1-12(26-17-10-9-13-5-2-3-8-16(13)24-17)18(25)23-15-7-4-6-14(11-15)19(20,21)22/h2-12H,1H3,(H,23,25)/t12-/m1/s1. The average molecular weight is 376 g/mol. The maximum atomic E-state index is 12.8. The first kappa shape index (κ1) is 18.3. The maximum absolute atomic E-state index is 12.8. The summed E-state index contributed by atoms with van der Waals surface area (Å²) in [7, 11) is 0. The Morgan fingerprint density at radius 3 is 2.62 bits per heavy atom. The Bertz CT molecular complexity index is 943. The molecule has 2 aromatic carbocycles.